The first kappa shape index (κ1) is 11.3. The molecule has 0 amide bonds. The summed E-state index contributed by atoms with van der Waals surface area (Å²) < 4.78 is 0. The van der Waals surface area contributed by atoms with Gasteiger partial charge in [0.05, 0.1) is 23.1 Å². The molecule has 88 valence electrons. The minimum absolute atomic E-state index is 0.326. The molecule has 0 aliphatic heterocycles. The van der Waals surface area contributed by atoms with Crippen LogP contribution >= 0.6 is 0 Å². The van der Waals surface area contributed by atoms with Gasteiger partial charge in [-0.05, 0) is 32.0 Å². The van der Waals surface area contributed by atoms with Crippen LogP contribution in [0.4, 0.5) is 17.1 Å². The molecule has 0 heterocycles. The van der Waals surface area contributed by atoms with Gasteiger partial charge >= 0.3 is 0 Å². The highest BCUT2D eigenvalue weighted by Crippen LogP contribution is 2.24. The zero-order valence-electron chi connectivity index (χ0n) is 9.70. The highest BCUT2D eigenvalue weighted by atomic mass is 14.8. The monoisotopic (exact) mass is 229 g/mol. The predicted octanol–water partition coefficient (Wildman–Crippen LogP) is -0.489. The van der Waals surface area contributed by atoms with E-state index >= 15 is 0 Å². The lowest BCUT2D eigenvalue weighted by atomic mass is 10.1. The summed E-state index contributed by atoms with van der Waals surface area (Å²) >= 11 is 0. The van der Waals surface area contributed by atoms with E-state index in [4.69, 9.17) is 17.2 Å². The quantitative estimate of drug-likeness (QED) is 0.471. The van der Waals surface area contributed by atoms with Gasteiger partial charge in [-0.25, -0.2) is 0 Å². The number of fused-ring (bicyclic) bond motifs is 1. The number of aliphatic imine (C=N–C) groups is 2. The fraction of sp³-hybridized carbons (Fsp3) is 0.167. The lowest BCUT2D eigenvalue weighted by Gasteiger charge is -2.06. The Morgan fingerprint density at radius 2 is 1.71 bits per heavy atom. The molecule has 1 aliphatic carbocycles. The van der Waals surface area contributed by atoms with Gasteiger partial charge in [-0.2, -0.15) is 0 Å². The molecule has 1 aromatic carbocycles. The van der Waals surface area contributed by atoms with Crippen molar-refractivity contribution in [2.45, 2.75) is 13.0 Å². The maximum Gasteiger partial charge on any atom is 0.0879 e. The van der Waals surface area contributed by atoms with Crippen molar-refractivity contribution in [3.05, 3.63) is 16.5 Å². The summed E-state index contributed by atoms with van der Waals surface area (Å²) in [5, 5.41) is 1.59. The van der Waals surface area contributed by atoms with Crippen molar-refractivity contribution in [3.63, 3.8) is 0 Å². The SMILES string of the molecule is C=Nc1cc(N=C)c2c(c1N)=C(C)C(N)C=2N. The Bertz CT molecular complexity index is 642. The molecule has 0 aromatic heterocycles. The van der Waals surface area contributed by atoms with Crippen LogP contribution < -0.4 is 27.6 Å². The van der Waals surface area contributed by atoms with Gasteiger partial charge in [-0.3, -0.25) is 9.98 Å². The molecule has 0 saturated carbocycles. The van der Waals surface area contributed by atoms with Crippen molar-refractivity contribution in [2.24, 2.45) is 21.5 Å². The number of nitrogen functional groups attached to an aromatic ring is 1. The zero-order chi connectivity index (χ0) is 12.7. The molecule has 0 bridgehead atoms. The standard InChI is InChI=1S/C12H15N5/c1-5-8-9(12(15)10(5)13)6(16-2)4-7(17-3)11(8)14/h4,10H,2-3,13-15H2,1H3. The molecule has 0 spiro atoms. The van der Waals surface area contributed by atoms with Gasteiger partial charge in [0.15, 0.2) is 0 Å². The zero-order valence-corrected chi connectivity index (χ0v) is 9.70. The Hall–Kier alpha value is -2.14. The summed E-state index contributed by atoms with van der Waals surface area (Å²) in [5.74, 6) is 0. The number of benzene rings is 1. The van der Waals surface area contributed by atoms with Crippen LogP contribution in [0.5, 0.6) is 0 Å². The normalized spacial score (nSPS) is 18.1. The Balaban J connectivity index is 3.11. The van der Waals surface area contributed by atoms with Gasteiger partial charge in [0, 0.05) is 16.1 Å². The second-order valence-electron chi connectivity index (χ2n) is 4.01. The van der Waals surface area contributed by atoms with E-state index in [0.717, 1.165) is 16.0 Å². The maximum atomic E-state index is 6.04. The summed E-state index contributed by atoms with van der Waals surface area (Å²) in [7, 11) is 0. The van der Waals surface area contributed by atoms with E-state index in [1.54, 1.807) is 6.07 Å². The summed E-state index contributed by atoms with van der Waals surface area (Å²) in [5.41, 5.74) is 21.3. The maximum absolute atomic E-state index is 6.04. The number of rotatable bonds is 2. The van der Waals surface area contributed by atoms with Gasteiger partial charge in [0.2, 0.25) is 0 Å². The van der Waals surface area contributed by atoms with Crippen LogP contribution in [0.15, 0.2) is 16.1 Å². The van der Waals surface area contributed by atoms with Gasteiger partial charge < -0.3 is 17.2 Å². The second kappa shape index (κ2) is 3.71. The van der Waals surface area contributed by atoms with E-state index in [1.807, 2.05) is 6.92 Å². The first-order valence-electron chi connectivity index (χ1n) is 5.15. The van der Waals surface area contributed by atoms with Gasteiger partial charge in [0.1, 0.15) is 0 Å². The Kier molecular flexibility index (Phi) is 2.48. The number of hydrogen-bond acceptors (Lipinski definition) is 5. The largest absolute Gasteiger partial charge is 0.400 e. The van der Waals surface area contributed by atoms with E-state index in [0.29, 0.717) is 22.8 Å². The molecule has 6 N–H and O–H groups in total. The first-order chi connectivity index (χ1) is 8.02. The van der Waals surface area contributed by atoms with E-state index in [1.165, 1.54) is 0 Å². The van der Waals surface area contributed by atoms with E-state index in [9.17, 15) is 0 Å². The van der Waals surface area contributed by atoms with E-state index < -0.39 is 0 Å². The highest BCUT2D eigenvalue weighted by Gasteiger charge is 2.22. The van der Waals surface area contributed by atoms with Crippen molar-refractivity contribution >= 4 is 41.8 Å². The minimum Gasteiger partial charge on any atom is -0.400 e. The molecule has 0 radical (unpaired) electrons. The second-order valence-corrected chi connectivity index (χ2v) is 4.01. The van der Waals surface area contributed by atoms with Crippen LogP contribution in [0.2, 0.25) is 0 Å². The molecule has 5 nitrogen and oxygen atoms in total. The Morgan fingerprint density at radius 3 is 2.24 bits per heavy atom. The van der Waals surface area contributed by atoms with Crippen LogP contribution in [-0.4, -0.2) is 19.5 Å². The lowest BCUT2D eigenvalue weighted by molar-refractivity contribution is 1.05. The number of hydrogen-bond donors (Lipinski definition) is 3. The molecule has 1 aromatic rings. The first-order valence-corrected chi connectivity index (χ1v) is 5.15. The van der Waals surface area contributed by atoms with Crippen molar-refractivity contribution in [3.8, 4) is 0 Å². The van der Waals surface area contributed by atoms with Crippen LogP contribution in [0.1, 0.15) is 6.92 Å². The predicted molar refractivity (Wildman–Crippen MR) is 73.2 cm³/mol. The molecule has 1 unspecified atom stereocenters. The van der Waals surface area contributed by atoms with Crippen LogP contribution in [0, 0.1) is 0 Å². The lowest BCUT2D eigenvalue weighted by Crippen LogP contribution is -2.30. The Morgan fingerprint density at radius 1 is 1.12 bits per heavy atom. The molecule has 0 fully saturated rings. The van der Waals surface area contributed by atoms with Gasteiger partial charge in [-0.15, -0.1) is 0 Å². The number of anilines is 1. The highest BCUT2D eigenvalue weighted by molar-refractivity contribution is 5.83. The van der Waals surface area contributed by atoms with Crippen molar-refractivity contribution < 1.29 is 0 Å². The number of nitrogens with two attached hydrogens (primary N) is 3. The van der Waals surface area contributed by atoms with Crippen LogP contribution in [0.3, 0.4) is 0 Å². The topological polar surface area (TPSA) is 103 Å². The molecule has 1 aliphatic rings. The van der Waals surface area contributed by atoms with Gasteiger partial charge in [-0.1, -0.05) is 0 Å². The molecule has 0 saturated heterocycles. The van der Waals surface area contributed by atoms with Crippen molar-refractivity contribution in [1.82, 2.24) is 0 Å². The molecule has 17 heavy (non-hydrogen) atoms. The van der Waals surface area contributed by atoms with Gasteiger partial charge in [0.25, 0.3) is 0 Å². The summed E-state index contributed by atoms with van der Waals surface area (Å²) in [6.07, 6.45) is 0. The third-order valence-electron chi connectivity index (χ3n) is 3.15. The third kappa shape index (κ3) is 1.36. The fourth-order valence-corrected chi connectivity index (χ4v) is 2.17. The molecule has 1 atom stereocenters. The fourth-order valence-electron chi connectivity index (χ4n) is 2.17. The molecular weight excluding hydrogens is 214 g/mol. The minimum atomic E-state index is -0.326. The smallest absolute Gasteiger partial charge is 0.0879 e. The van der Waals surface area contributed by atoms with Crippen molar-refractivity contribution in [2.75, 3.05) is 5.73 Å². The molecular formula is C12H15N5. The van der Waals surface area contributed by atoms with E-state index in [2.05, 4.69) is 23.4 Å². The average molecular weight is 229 g/mol. The molecule has 2 rings (SSSR count). The Labute approximate surface area is 99.0 Å². The average Bonchev–Trinajstić information content (AvgIpc) is 2.56. The van der Waals surface area contributed by atoms with Crippen LogP contribution in [0.25, 0.3) is 11.3 Å². The van der Waals surface area contributed by atoms with E-state index in [-0.39, 0.29) is 6.04 Å². The van der Waals surface area contributed by atoms with Crippen molar-refractivity contribution in [1.29, 1.82) is 0 Å². The summed E-state index contributed by atoms with van der Waals surface area (Å²) in [6.45, 7) is 8.91. The molecule has 5 heteroatoms. The summed E-state index contributed by atoms with van der Waals surface area (Å²) in [4.78, 5) is 7.82. The third-order valence-corrected chi connectivity index (χ3v) is 3.15. The number of nitrogens with zero attached hydrogens (tertiary/aromatic N) is 2. The summed E-state index contributed by atoms with van der Waals surface area (Å²) in [6, 6.07) is 1.39. The van der Waals surface area contributed by atoms with Crippen LogP contribution in [-0.2, 0) is 0 Å².